The molecule has 0 aliphatic carbocycles. The average molecular weight is 310 g/mol. The molecule has 1 N–H and O–H groups in total. The van der Waals surface area contributed by atoms with Gasteiger partial charge in [-0.05, 0) is 18.2 Å². The van der Waals surface area contributed by atoms with Gasteiger partial charge >= 0.3 is 0 Å². The third kappa shape index (κ3) is 2.45. The summed E-state index contributed by atoms with van der Waals surface area (Å²) >= 11 is 3.42. The van der Waals surface area contributed by atoms with Crippen LogP contribution in [0.5, 0.6) is 0 Å². The van der Waals surface area contributed by atoms with Gasteiger partial charge < -0.3 is 14.6 Å². The summed E-state index contributed by atoms with van der Waals surface area (Å²) in [5, 5.41) is 7.29. The average Bonchev–Trinajstić information content (AvgIpc) is 2.89. The molecular weight excluding hydrogens is 298 g/mol. The molecule has 1 aromatic heterocycles. The molecule has 5 nitrogen and oxygen atoms in total. The van der Waals surface area contributed by atoms with Gasteiger partial charge in [-0.2, -0.15) is 4.98 Å². The van der Waals surface area contributed by atoms with Crippen LogP contribution in [0.15, 0.2) is 33.3 Å². The SMILES string of the molecule is Brc1cccc(-c2nc(C3COCCN3)no2)c1. The van der Waals surface area contributed by atoms with Crippen molar-refractivity contribution in [2.75, 3.05) is 19.8 Å². The van der Waals surface area contributed by atoms with Gasteiger partial charge in [-0.1, -0.05) is 27.2 Å². The molecule has 1 saturated heterocycles. The van der Waals surface area contributed by atoms with Crippen LogP contribution in [0.4, 0.5) is 0 Å². The Balaban J connectivity index is 1.84. The fourth-order valence-electron chi connectivity index (χ4n) is 1.85. The summed E-state index contributed by atoms with van der Waals surface area (Å²) in [7, 11) is 0. The first-order valence-corrected chi connectivity index (χ1v) is 6.53. The van der Waals surface area contributed by atoms with E-state index >= 15 is 0 Å². The van der Waals surface area contributed by atoms with Gasteiger partial charge in [0, 0.05) is 16.6 Å². The number of nitrogens with one attached hydrogen (secondary N) is 1. The minimum Gasteiger partial charge on any atom is -0.378 e. The van der Waals surface area contributed by atoms with Crippen molar-refractivity contribution in [3.63, 3.8) is 0 Å². The molecule has 1 fully saturated rings. The van der Waals surface area contributed by atoms with Crippen LogP contribution in [-0.2, 0) is 4.74 Å². The van der Waals surface area contributed by atoms with Gasteiger partial charge in [0.2, 0.25) is 0 Å². The van der Waals surface area contributed by atoms with E-state index in [0.717, 1.165) is 23.2 Å². The highest BCUT2D eigenvalue weighted by molar-refractivity contribution is 9.10. The van der Waals surface area contributed by atoms with Crippen molar-refractivity contribution in [3.05, 3.63) is 34.6 Å². The molecule has 2 heterocycles. The summed E-state index contributed by atoms with van der Waals surface area (Å²) in [4.78, 5) is 4.40. The highest BCUT2D eigenvalue weighted by atomic mass is 79.9. The van der Waals surface area contributed by atoms with E-state index in [2.05, 4.69) is 31.4 Å². The molecule has 1 unspecified atom stereocenters. The van der Waals surface area contributed by atoms with E-state index in [1.165, 1.54) is 0 Å². The first kappa shape index (κ1) is 11.8. The maximum atomic E-state index is 5.38. The van der Waals surface area contributed by atoms with Crippen molar-refractivity contribution in [2.24, 2.45) is 0 Å². The van der Waals surface area contributed by atoms with Gasteiger partial charge in [0.25, 0.3) is 5.89 Å². The third-order valence-electron chi connectivity index (χ3n) is 2.75. The molecule has 2 aromatic rings. The lowest BCUT2D eigenvalue weighted by molar-refractivity contribution is 0.0734. The summed E-state index contributed by atoms with van der Waals surface area (Å²) in [6.45, 7) is 2.12. The molecule has 0 amide bonds. The summed E-state index contributed by atoms with van der Waals surface area (Å²) in [5.74, 6) is 1.17. The standard InChI is InChI=1S/C12H12BrN3O2/c13-9-3-1-2-8(6-9)12-15-11(16-18-12)10-7-17-5-4-14-10/h1-3,6,10,14H,4-5,7H2. The number of ether oxygens (including phenoxy) is 1. The monoisotopic (exact) mass is 309 g/mol. The first-order chi connectivity index (χ1) is 8.83. The van der Waals surface area contributed by atoms with Crippen molar-refractivity contribution in [1.29, 1.82) is 0 Å². The predicted octanol–water partition coefficient (Wildman–Crippen LogP) is 2.16. The number of morpholine rings is 1. The second-order valence-electron chi connectivity index (χ2n) is 4.05. The number of hydrogen-bond donors (Lipinski definition) is 1. The Hall–Kier alpha value is -1.24. The first-order valence-electron chi connectivity index (χ1n) is 5.73. The molecule has 0 bridgehead atoms. The summed E-state index contributed by atoms with van der Waals surface area (Å²) in [6, 6.07) is 7.79. The Morgan fingerprint density at radius 3 is 3.11 bits per heavy atom. The van der Waals surface area contributed by atoms with Crippen molar-refractivity contribution in [1.82, 2.24) is 15.5 Å². The van der Waals surface area contributed by atoms with Gasteiger partial charge in [0.1, 0.15) is 0 Å². The Morgan fingerprint density at radius 1 is 1.39 bits per heavy atom. The maximum absolute atomic E-state index is 5.38. The lowest BCUT2D eigenvalue weighted by atomic mass is 10.2. The highest BCUT2D eigenvalue weighted by Gasteiger charge is 2.21. The zero-order chi connectivity index (χ0) is 12.4. The fourth-order valence-corrected chi connectivity index (χ4v) is 2.25. The van der Waals surface area contributed by atoms with Crippen molar-refractivity contribution < 1.29 is 9.26 Å². The number of benzene rings is 1. The van der Waals surface area contributed by atoms with Crippen LogP contribution in [0.3, 0.4) is 0 Å². The minimum atomic E-state index is 0.0170. The fraction of sp³-hybridized carbons (Fsp3) is 0.333. The zero-order valence-corrected chi connectivity index (χ0v) is 11.2. The van der Waals surface area contributed by atoms with Crippen LogP contribution >= 0.6 is 15.9 Å². The number of aromatic nitrogens is 2. The Bertz CT molecular complexity index is 538. The molecule has 1 aliphatic rings. The van der Waals surface area contributed by atoms with Gasteiger partial charge in [-0.25, -0.2) is 0 Å². The largest absolute Gasteiger partial charge is 0.378 e. The summed E-state index contributed by atoms with van der Waals surface area (Å²) in [6.07, 6.45) is 0. The minimum absolute atomic E-state index is 0.0170. The van der Waals surface area contributed by atoms with Crippen molar-refractivity contribution >= 4 is 15.9 Å². The van der Waals surface area contributed by atoms with Crippen LogP contribution in [-0.4, -0.2) is 29.9 Å². The van der Waals surface area contributed by atoms with Crippen LogP contribution in [0.25, 0.3) is 11.5 Å². The molecule has 3 rings (SSSR count). The lowest BCUT2D eigenvalue weighted by Crippen LogP contribution is -2.35. The third-order valence-corrected chi connectivity index (χ3v) is 3.24. The van der Waals surface area contributed by atoms with E-state index < -0.39 is 0 Å². The molecule has 0 radical (unpaired) electrons. The van der Waals surface area contributed by atoms with Gasteiger partial charge in [-0.15, -0.1) is 0 Å². The van der Waals surface area contributed by atoms with E-state index in [1.54, 1.807) is 0 Å². The Morgan fingerprint density at radius 2 is 2.33 bits per heavy atom. The van der Waals surface area contributed by atoms with Crippen LogP contribution in [0.2, 0.25) is 0 Å². The molecule has 94 valence electrons. The zero-order valence-electron chi connectivity index (χ0n) is 9.60. The maximum Gasteiger partial charge on any atom is 0.258 e. The number of halogens is 1. The van der Waals surface area contributed by atoms with Crippen LogP contribution in [0, 0.1) is 0 Å². The summed E-state index contributed by atoms with van der Waals surface area (Å²) < 4.78 is 11.6. The molecular formula is C12H12BrN3O2. The smallest absolute Gasteiger partial charge is 0.258 e. The normalized spacial score (nSPS) is 19.9. The van der Waals surface area contributed by atoms with E-state index in [9.17, 15) is 0 Å². The summed E-state index contributed by atoms with van der Waals surface area (Å²) in [5.41, 5.74) is 0.903. The van der Waals surface area contributed by atoms with Crippen LogP contribution in [0.1, 0.15) is 11.9 Å². The number of rotatable bonds is 2. The second-order valence-corrected chi connectivity index (χ2v) is 4.97. The Labute approximate surface area is 113 Å². The molecule has 0 saturated carbocycles. The molecule has 1 atom stereocenters. The van der Waals surface area contributed by atoms with Gasteiger partial charge in [0.15, 0.2) is 5.82 Å². The molecule has 1 aliphatic heterocycles. The lowest BCUT2D eigenvalue weighted by Gasteiger charge is -2.20. The number of nitrogens with zero attached hydrogens (tertiary/aromatic N) is 2. The quantitative estimate of drug-likeness (QED) is 0.921. The number of hydrogen-bond acceptors (Lipinski definition) is 5. The van der Waals surface area contributed by atoms with Crippen molar-refractivity contribution in [3.8, 4) is 11.5 Å². The van der Waals surface area contributed by atoms with Gasteiger partial charge in [-0.3, -0.25) is 0 Å². The van der Waals surface area contributed by atoms with Crippen molar-refractivity contribution in [2.45, 2.75) is 6.04 Å². The highest BCUT2D eigenvalue weighted by Crippen LogP contribution is 2.23. The predicted molar refractivity (Wildman–Crippen MR) is 69.0 cm³/mol. The van der Waals surface area contributed by atoms with E-state index in [0.29, 0.717) is 18.3 Å². The van der Waals surface area contributed by atoms with Crippen LogP contribution < -0.4 is 5.32 Å². The topological polar surface area (TPSA) is 60.2 Å². The molecule has 6 heteroatoms. The molecule has 1 aromatic carbocycles. The second kappa shape index (κ2) is 5.17. The van der Waals surface area contributed by atoms with E-state index in [-0.39, 0.29) is 6.04 Å². The molecule has 0 spiro atoms. The van der Waals surface area contributed by atoms with E-state index in [1.807, 2.05) is 24.3 Å². The molecule has 18 heavy (non-hydrogen) atoms. The van der Waals surface area contributed by atoms with E-state index in [4.69, 9.17) is 9.26 Å². The Kier molecular flexibility index (Phi) is 3.40. The van der Waals surface area contributed by atoms with Gasteiger partial charge in [0.05, 0.1) is 19.3 Å².